The minimum Gasteiger partial charge on any atom is -0.490 e. The minimum absolute atomic E-state index is 0.196. The van der Waals surface area contributed by atoms with E-state index in [9.17, 15) is 46.9 Å². The van der Waals surface area contributed by atoms with Crippen LogP contribution in [0.1, 0.15) is 146 Å². The Morgan fingerprint density at radius 2 is 0.952 bits per heavy atom. The highest BCUT2D eigenvalue weighted by molar-refractivity contribution is 7.90. The number of anilines is 2. The van der Waals surface area contributed by atoms with Gasteiger partial charge in [-0.1, -0.05) is 61.0 Å². The maximum atomic E-state index is 13.3. The standard InChI is InChI=1S/2C32H41ClN2O6S/c2*33-25-9-11-27-22(14-25)5-3-13-32(27)19-35-16-24-7-10-26(24)29(37)6-2-1-4-21(17-36)18-42(39,40)34-31(38)23-8-12-30(41-20-32)28(35)15-23/h2*8-9,11-12,14-15,21,24,26,29,36-37H,1-7,10,13,16-20H2,(H,34,38)/t21-,24+,26-,29+,32+;21-,24-,26+,29-,32-/m10/s1. The van der Waals surface area contributed by atoms with Crippen molar-refractivity contribution in [1.82, 2.24) is 9.44 Å². The number of hydrogen-bond acceptors (Lipinski definition) is 14. The van der Waals surface area contributed by atoms with E-state index in [0.717, 1.165) is 112 Å². The zero-order valence-corrected chi connectivity index (χ0v) is 51.0. The van der Waals surface area contributed by atoms with Crippen LogP contribution in [0.3, 0.4) is 0 Å². The van der Waals surface area contributed by atoms with Gasteiger partial charge in [-0.3, -0.25) is 9.59 Å². The monoisotopic (exact) mass is 1230 g/mol. The molecule has 0 saturated heterocycles. The van der Waals surface area contributed by atoms with E-state index < -0.39 is 55.9 Å². The van der Waals surface area contributed by atoms with Gasteiger partial charge in [0.15, 0.2) is 0 Å². The fourth-order valence-electron chi connectivity index (χ4n) is 15.3. The molecule has 0 radical (unpaired) electrons. The maximum Gasteiger partial charge on any atom is 0.264 e. The smallest absolute Gasteiger partial charge is 0.264 e. The lowest BCUT2D eigenvalue weighted by Gasteiger charge is -2.45. The van der Waals surface area contributed by atoms with Gasteiger partial charge < -0.3 is 39.7 Å². The SMILES string of the molecule is O=C1NS(=O)(=O)C[C@@H](CO)CCCC[C@H](O)[C@@H]2CC[C@H]2CN2C[C@@]3(CCCc4cc(Cl)ccc43)COc3ccc1cc32.O=C1NS(=O)(=O)C[C@H](CO)CCCC[C@H](O)[C@@H]2CC[C@H]2CN2C[C@@]3(CCCc4cc(Cl)ccc43)COc3ccc1cc32. The number of halogens is 2. The number of hydrogen-bond donors (Lipinski definition) is 6. The Bertz CT molecular complexity index is 3080. The summed E-state index contributed by atoms with van der Waals surface area (Å²) in [6.45, 7) is 3.26. The first-order valence-corrected chi connectivity index (χ1v) is 34.7. The second kappa shape index (κ2) is 25.6. The van der Waals surface area contributed by atoms with E-state index >= 15 is 0 Å². The molecule has 4 heterocycles. The molecule has 2 fully saturated rings. The van der Waals surface area contributed by atoms with Gasteiger partial charge in [0, 0.05) is 71.4 Å². The number of carbonyl (C=O) groups is 2. The Balaban J connectivity index is 0.000000175. The molecule has 4 bridgehead atoms. The van der Waals surface area contributed by atoms with E-state index in [-0.39, 0.29) is 58.5 Å². The number of amides is 2. The average Bonchev–Trinajstić information content (AvgIpc) is 2.00. The molecule has 2 saturated carbocycles. The van der Waals surface area contributed by atoms with Crippen LogP contribution in [0.15, 0.2) is 72.8 Å². The van der Waals surface area contributed by atoms with Crippen LogP contribution in [0, 0.1) is 35.5 Å². The van der Waals surface area contributed by atoms with Crippen molar-refractivity contribution >= 4 is 66.4 Å². The number of benzene rings is 4. The molecule has 16 nitrogen and oxygen atoms in total. The number of aryl methyl sites for hydroxylation is 2. The molecule has 4 aliphatic carbocycles. The molecular weight excluding hydrogens is 1150 g/mol. The largest absolute Gasteiger partial charge is 0.490 e. The van der Waals surface area contributed by atoms with Crippen LogP contribution >= 0.6 is 23.2 Å². The third-order valence-corrected chi connectivity index (χ3v) is 23.4. The number of nitrogens with one attached hydrogen (secondary N) is 2. The van der Waals surface area contributed by atoms with Crippen molar-refractivity contribution in [3.8, 4) is 11.5 Å². The highest BCUT2D eigenvalue weighted by Crippen LogP contribution is 2.49. The third-order valence-electron chi connectivity index (χ3n) is 20.1. The summed E-state index contributed by atoms with van der Waals surface area (Å²) in [6.07, 6.45) is 14.4. The predicted molar refractivity (Wildman–Crippen MR) is 325 cm³/mol. The minimum atomic E-state index is -3.96. The van der Waals surface area contributed by atoms with Gasteiger partial charge >= 0.3 is 0 Å². The van der Waals surface area contributed by atoms with Crippen molar-refractivity contribution < 1.29 is 56.3 Å². The van der Waals surface area contributed by atoms with Crippen molar-refractivity contribution in [2.24, 2.45) is 35.5 Å². The topological polar surface area (TPSA) is 232 Å². The number of nitrogens with zero attached hydrogens (tertiary/aromatic N) is 2. The molecule has 8 aliphatic rings. The second-order valence-corrected chi connectivity index (χ2v) is 30.2. The maximum absolute atomic E-state index is 13.3. The van der Waals surface area contributed by atoms with E-state index in [0.29, 0.717) is 88.2 Å². The molecule has 20 heteroatoms. The molecule has 4 aromatic rings. The van der Waals surface area contributed by atoms with Gasteiger partial charge in [-0.2, -0.15) is 0 Å². The summed E-state index contributed by atoms with van der Waals surface area (Å²) < 4.78 is 69.1. The first-order valence-electron chi connectivity index (χ1n) is 30.6. The van der Waals surface area contributed by atoms with Gasteiger partial charge in [0.1, 0.15) is 11.5 Å². The van der Waals surface area contributed by atoms with Crippen LogP contribution in [0.5, 0.6) is 11.5 Å². The average molecular weight is 1230 g/mol. The van der Waals surface area contributed by atoms with Gasteiger partial charge in [0.25, 0.3) is 11.8 Å². The fourth-order valence-corrected chi connectivity index (χ4v) is 18.4. The molecule has 0 aromatic heterocycles. The molecule has 4 aliphatic heterocycles. The van der Waals surface area contributed by atoms with Crippen molar-refractivity contribution in [2.75, 3.05) is 73.9 Å². The van der Waals surface area contributed by atoms with Crippen molar-refractivity contribution in [2.45, 2.75) is 139 Å². The first-order chi connectivity index (χ1) is 40.3. The van der Waals surface area contributed by atoms with E-state index in [1.807, 2.05) is 12.1 Å². The number of rotatable bonds is 2. The highest BCUT2D eigenvalue weighted by Gasteiger charge is 2.47. The van der Waals surface area contributed by atoms with Crippen LogP contribution in [-0.2, 0) is 43.7 Å². The first kappa shape index (κ1) is 61.0. The van der Waals surface area contributed by atoms with Crippen LogP contribution in [0.2, 0.25) is 10.0 Å². The summed E-state index contributed by atoms with van der Waals surface area (Å²) in [5, 5.41) is 43.4. The van der Waals surface area contributed by atoms with Gasteiger partial charge in [-0.25, -0.2) is 26.3 Å². The van der Waals surface area contributed by atoms with Crippen molar-refractivity contribution in [1.29, 1.82) is 0 Å². The summed E-state index contributed by atoms with van der Waals surface area (Å²) in [5.41, 5.74) is 6.50. The van der Waals surface area contributed by atoms with E-state index in [2.05, 4.69) is 43.5 Å². The molecule has 2 spiro atoms. The molecule has 4 aromatic carbocycles. The van der Waals surface area contributed by atoms with Gasteiger partial charge in [0.2, 0.25) is 20.0 Å². The lowest BCUT2D eigenvalue weighted by molar-refractivity contribution is 0.00864. The Labute approximate surface area is 505 Å². The quantitative estimate of drug-likeness (QED) is 0.110. The predicted octanol–water partition coefficient (Wildman–Crippen LogP) is 8.88. The van der Waals surface area contributed by atoms with Crippen LogP contribution in [-0.4, -0.2) is 125 Å². The molecule has 2 amide bonds. The van der Waals surface area contributed by atoms with E-state index in [1.165, 1.54) is 22.3 Å². The Morgan fingerprint density at radius 1 is 0.536 bits per heavy atom. The molecule has 6 N–H and O–H groups in total. The van der Waals surface area contributed by atoms with Crippen LogP contribution in [0.4, 0.5) is 11.4 Å². The summed E-state index contributed by atoms with van der Waals surface area (Å²) in [5.74, 6) is -0.637. The van der Waals surface area contributed by atoms with Crippen molar-refractivity contribution in [3.63, 3.8) is 0 Å². The zero-order valence-electron chi connectivity index (χ0n) is 47.9. The van der Waals surface area contributed by atoms with Gasteiger partial charge in [-0.05, 0) is 208 Å². The van der Waals surface area contributed by atoms with E-state index in [1.54, 1.807) is 36.4 Å². The van der Waals surface area contributed by atoms with Gasteiger partial charge in [0.05, 0.1) is 48.3 Å². The summed E-state index contributed by atoms with van der Waals surface area (Å²) in [7, 11) is -7.92. The lowest BCUT2D eigenvalue weighted by atomic mass is 9.68. The number of aliphatic hydroxyl groups is 4. The van der Waals surface area contributed by atoms with Crippen LogP contribution in [0.25, 0.3) is 0 Å². The summed E-state index contributed by atoms with van der Waals surface area (Å²) >= 11 is 12.8. The normalized spacial score (nSPS) is 31.4. The molecule has 10 atom stereocenters. The number of carbonyl (C=O) groups excluding carboxylic acids is 2. The number of sulfonamides is 2. The number of ether oxygens (including phenoxy) is 2. The third kappa shape index (κ3) is 13.4. The van der Waals surface area contributed by atoms with E-state index in [4.69, 9.17) is 32.7 Å². The summed E-state index contributed by atoms with van der Waals surface area (Å²) in [6, 6.07) is 22.6. The van der Waals surface area contributed by atoms with Crippen molar-refractivity contribution in [3.05, 3.63) is 116 Å². The molecule has 84 heavy (non-hydrogen) atoms. The van der Waals surface area contributed by atoms with Gasteiger partial charge in [-0.15, -0.1) is 0 Å². The lowest BCUT2D eigenvalue weighted by Crippen LogP contribution is -2.49. The molecule has 0 unspecified atom stereocenters. The molecular formula is C64H82Cl2N4O12S2. The van der Waals surface area contributed by atoms with Crippen LogP contribution < -0.4 is 28.7 Å². The Kier molecular flexibility index (Phi) is 18.6. The number of fused-ring (bicyclic) bond motifs is 8. The second-order valence-electron chi connectivity index (χ2n) is 25.8. The fraction of sp³-hybridized carbons (Fsp3) is 0.594. The highest BCUT2D eigenvalue weighted by atomic mass is 35.5. The summed E-state index contributed by atoms with van der Waals surface area (Å²) in [4.78, 5) is 31.1. The molecule has 456 valence electrons. The molecule has 12 rings (SSSR count). The zero-order chi connectivity index (χ0) is 59.0. The Morgan fingerprint density at radius 3 is 1.35 bits per heavy atom. The number of aliphatic hydroxyl groups excluding tert-OH is 4. The Hall–Kier alpha value is -4.66.